The largest absolute Gasteiger partial charge is 0.548 e. The van der Waals surface area contributed by atoms with Gasteiger partial charge in [-0.1, -0.05) is 12.1 Å². The Balaban J connectivity index is 1.81. The van der Waals surface area contributed by atoms with Gasteiger partial charge >= 0.3 is 6.03 Å². The van der Waals surface area contributed by atoms with Crippen LogP contribution in [0.1, 0.15) is 10.4 Å². The normalized spacial score (nSPS) is 13.1. The van der Waals surface area contributed by atoms with Crippen molar-refractivity contribution in [1.29, 1.82) is 0 Å². The second-order valence-electron chi connectivity index (χ2n) is 5.15. The molecule has 0 atom stereocenters. The van der Waals surface area contributed by atoms with Gasteiger partial charge in [-0.3, -0.25) is 10.0 Å². The smallest absolute Gasteiger partial charge is 0.347 e. The quantitative estimate of drug-likeness (QED) is 0.736. The zero-order valence-electron chi connectivity index (χ0n) is 12.8. The van der Waals surface area contributed by atoms with Gasteiger partial charge in [0.25, 0.3) is 5.91 Å². The maximum Gasteiger partial charge on any atom is 0.347 e. The van der Waals surface area contributed by atoms with Crippen molar-refractivity contribution in [3.05, 3.63) is 54.1 Å². The summed E-state index contributed by atoms with van der Waals surface area (Å²) in [5, 5.41) is 27.2. The second kappa shape index (κ2) is 6.49. The molecule has 0 aromatic heterocycles. The number of urea groups is 1. The molecule has 0 aliphatic carbocycles. The molecule has 0 spiro atoms. The first-order valence-corrected chi connectivity index (χ1v) is 7.24. The van der Waals surface area contributed by atoms with E-state index >= 15 is 0 Å². The molecule has 3 N–H and O–H groups in total. The molecule has 0 saturated heterocycles. The number of anilines is 3. The Hall–Kier alpha value is -3.59. The first-order valence-electron chi connectivity index (χ1n) is 7.24. The Kier molecular flexibility index (Phi) is 4.23. The maximum absolute atomic E-state index is 12.2. The van der Waals surface area contributed by atoms with E-state index in [0.717, 1.165) is 5.01 Å². The predicted octanol–water partition coefficient (Wildman–Crippen LogP) is 0.329. The number of hydrogen-bond acceptors (Lipinski definition) is 6. The van der Waals surface area contributed by atoms with Crippen LogP contribution in [0.15, 0.2) is 48.5 Å². The summed E-state index contributed by atoms with van der Waals surface area (Å²) in [5.74, 6) is -1.99. The van der Waals surface area contributed by atoms with Crippen molar-refractivity contribution >= 4 is 35.0 Å². The summed E-state index contributed by atoms with van der Waals surface area (Å²) < 4.78 is 0. The fourth-order valence-corrected chi connectivity index (χ4v) is 2.35. The standard InChI is InChI=1S/C16H14N4O5/c21-14(22)9-17-15(23)10-5-7-11(8-6-10)19-16(24)18-12-3-1-2-4-13(12)20(19)25/h1-8,25H,9H2,(H,17,23)(H,18,24)(H,21,22)/p-1. The Morgan fingerprint density at radius 3 is 2.48 bits per heavy atom. The van der Waals surface area contributed by atoms with Gasteiger partial charge in [0.1, 0.15) is 5.69 Å². The number of rotatable bonds is 4. The molecule has 3 rings (SSSR count). The van der Waals surface area contributed by atoms with E-state index in [1.54, 1.807) is 24.3 Å². The van der Waals surface area contributed by atoms with Crippen molar-refractivity contribution in [3.63, 3.8) is 0 Å². The number of nitrogens with one attached hydrogen (secondary N) is 2. The van der Waals surface area contributed by atoms with E-state index < -0.39 is 24.5 Å². The van der Waals surface area contributed by atoms with Crippen molar-refractivity contribution in [2.24, 2.45) is 0 Å². The Labute approximate surface area is 142 Å². The van der Waals surface area contributed by atoms with Crippen molar-refractivity contribution in [2.45, 2.75) is 0 Å². The minimum Gasteiger partial charge on any atom is -0.548 e. The molecule has 128 valence electrons. The van der Waals surface area contributed by atoms with Gasteiger partial charge < -0.3 is 20.5 Å². The molecule has 1 aliphatic rings. The number of hydrogen-bond donors (Lipinski definition) is 3. The highest BCUT2D eigenvalue weighted by atomic mass is 16.6. The molecule has 0 saturated carbocycles. The predicted molar refractivity (Wildman–Crippen MR) is 86.0 cm³/mol. The molecule has 0 unspecified atom stereocenters. The summed E-state index contributed by atoms with van der Waals surface area (Å²) in [6.07, 6.45) is 0. The van der Waals surface area contributed by atoms with Crippen LogP contribution in [0.2, 0.25) is 0 Å². The summed E-state index contributed by atoms with van der Waals surface area (Å²) in [4.78, 5) is 34.4. The second-order valence-corrected chi connectivity index (χ2v) is 5.15. The summed E-state index contributed by atoms with van der Waals surface area (Å²) in [7, 11) is 0. The minimum absolute atomic E-state index is 0.201. The van der Waals surface area contributed by atoms with Crippen LogP contribution in [-0.2, 0) is 4.79 Å². The lowest BCUT2D eigenvalue weighted by Crippen LogP contribution is -2.51. The van der Waals surface area contributed by atoms with Crippen molar-refractivity contribution < 1.29 is 24.7 Å². The van der Waals surface area contributed by atoms with Crippen LogP contribution in [0.25, 0.3) is 0 Å². The Morgan fingerprint density at radius 2 is 1.80 bits per heavy atom. The molecule has 1 heterocycles. The van der Waals surface area contributed by atoms with Gasteiger partial charge in [-0.2, -0.15) is 10.2 Å². The zero-order chi connectivity index (χ0) is 18.0. The van der Waals surface area contributed by atoms with E-state index in [2.05, 4.69) is 10.6 Å². The minimum atomic E-state index is -1.40. The van der Waals surface area contributed by atoms with E-state index in [4.69, 9.17) is 0 Å². The number of benzene rings is 2. The first-order chi connectivity index (χ1) is 12.0. The summed E-state index contributed by atoms with van der Waals surface area (Å²) in [5.41, 5.74) is 1.36. The molecule has 25 heavy (non-hydrogen) atoms. The van der Waals surface area contributed by atoms with E-state index in [-0.39, 0.29) is 5.56 Å². The highest BCUT2D eigenvalue weighted by Crippen LogP contribution is 2.32. The lowest BCUT2D eigenvalue weighted by atomic mass is 10.2. The van der Waals surface area contributed by atoms with Gasteiger partial charge in [-0.15, -0.1) is 0 Å². The molecule has 0 radical (unpaired) electrons. The van der Waals surface area contributed by atoms with Crippen LogP contribution in [0.5, 0.6) is 0 Å². The maximum atomic E-state index is 12.2. The third kappa shape index (κ3) is 3.21. The fourth-order valence-electron chi connectivity index (χ4n) is 2.35. The van der Waals surface area contributed by atoms with E-state index in [1.807, 2.05) is 0 Å². The number of carboxylic acid groups (broad SMARTS) is 1. The number of carboxylic acids is 1. The van der Waals surface area contributed by atoms with Crippen LogP contribution in [0.3, 0.4) is 0 Å². The number of carbonyl (C=O) groups is 3. The molecule has 1 aliphatic heterocycles. The van der Waals surface area contributed by atoms with Crippen molar-refractivity contribution in [2.75, 3.05) is 22.0 Å². The van der Waals surface area contributed by atoms with E-state index in [0.29, 0.717) is 22.2 Å². The molecule has 0 fully saturated rings. The Morgan fingerprint density at radius 1 is 1.12 bits per heavy atom. The number of hydrazine groups is 1. The number of carbonyl (C=O) groups excluding carboxylic acids is 3. The molecule has 2 aromatic rings. The molecule has 3 amide bonds. The van der Waals surface area contributed by atoms with Gasteiger partial charge in [-0.25, -0.2) is 4.79 Å². The zero-order valence-corrected chi connectivity index (χ0v) is 12.8. The summed E-state index contributed by atoms with van der Waals surface area (Å²) in [6, 6.07) is 11.8. The van der Waals surface area contributed by atoms with Crippen LogP contribution in [-0.4, -0.2) is 29.7 Å². The first kappa shape index (κ1) is 16.3. The Bertz CT molecular complexity index is 837. The fraction of sp³-hybridized carbons (Fsp3) is 0.0625. The highest BCUT2D eigenvalue weighted by Gasteiger charge is 2.30. The molecular weight excluding hydrogens is 328 g/mol. The van der Waals surface area contributed by atoms with Crippen LogP contribution in [0, 0.1) is 0 Å². The average Bonchev–Trinajstić information content (AvgIpc) is 2.60. The number of nitrogens with zero attached hydrogens (tertiary/aromatic N) is 2. The van der Waals surface area contributed by atoms with Crippen LogP contribution < -0.4 is 25.9 Å². The lowest BCUT2D eigenvalue weighted by molar-refractivity contribution is -0.303. The number of fused-ring (bicyclic) bond motifs is 1. The van der Waals surface area contributed by atoms with Gasteiger partial charge in [-0.05, 0) is 36.4 Å². The number of aliphatic carboxylic acids is 1. The summed E-state index contributed by atoms with van der Waals surface area (Å²) >= 11 is 0. The number of amides is 3. The monoisotopic (exact) mass is 341 g/mol. The topological polar surface area (TPSA) is 125 Å². The third-order valence-corrected chi connectivity index (χ3v) is 3.51. The molecular formula is C16H13N4O5-. The molecule has 0 bridgehead atoms. The number of para-hydroxylation sites is 2. The van der Waals surface area contributed by atoms with E-state index in [9.17, 15) is 24.7 Å². The van der Waals surface area contributed by atoms with Crippen LogP contribution in [0.4, 0.5) is 21.9 Å². The van der Waals surface area contributed by atoms with Gasteiger partial charge in [0.2, 0.25) is 0 Å². The lowest BCUT2D eigenvalue weighted by Gasteiger charge is -2.36. The highest BCUT2D eigenvalue weighted by molar-refractivity contribution is 6.08. The van der Waals surface area contributed by atoms with Crippen LogP contribution >= 0.6 is 0 Å². The molecule has 9 heteroatoms. The van der Waals surface area contributed by atoms with E-state index in [1.165, 1.54) is 24.3 Å². The molecule has 2 aromatic carbocycles. The average molecular weight is 341 g/mol. The van der Waals surface area contributed by atoms with Crippen molar-refractivity contribution in [1.82, 2.24) is 5.32 Å². The summed E-state index contributed by atoms with van der Waals surface area (Å²) in [6.45, 7) is -0.601. The van der Waals surface area contributed by atoms with Gasteiger partial charge in [0.15, 0.2) is 0 Å². The SMILES string of the molecule is O=C([O-])CNC(=O)c1ccc(N2C(=O)Nc3ccccc3N2O)cc1. The van der Waals surface area contributed by atoms with Gasteiger partial charge in [0.05, 0.1) is 23.9 Å². The van der Waals surface area contributed by atoms with Gasteiger partial charge in [0, 0.05) is 5.56 Å². The molecule has 9 nitrogen and oxygen atoms in total. The van der Waals surface area contributed by atoms with Crippen molar-refractivity contribution in [3.8, 4) is 0 Å². The third-order valence-electron chi connectivity index (χ3n) is 3.51.